The molecule has 1 aliphatic heterocycles. The van der Waals surface area contributed by atoms with Crippen molar-refractivity contribution in [1.29, 1.82) is 0 Å². The normalized spacial score (nSPS) is 17.6. The zero-order chi connectivity index (χ0) is 19.0. The van der Waals surface area contributed by atoms with E-state index in [0.29, 0.717) is 11.6 Å². The lowest BCUT2D eigenvalue weighted by molar-refractivity contribution is -0.122. The molecule has 1 unspecified atom stereocenters. The summed E-state index contributed by atoms with van der Waals surface area (Å²) in [6.45, 7) is 1.60. The molecule has 1 saturated carbocycles. The second-order valence-corrected chi connectivity index (χ2v) is 6.75. The van der Waals surface area contributed by atoms with Crippen LogP contribution in [0, 0.1) is 0 Å². The average molecular weight is 365 g/mol. The van der Waals surface area contributed by atoms with E-state index in [1.54, 1.807) is 25.1 Å². The summed E-state index contributed by atoms with van der Waals surface area (Å²) in [5, 5.41) is 12.4. The molecule has 138 valence electrons. The molecule has 27 heavy (non-hydrogen) atoms. The van der Waals surface area contributed by atoms with Crippen LogP contribution >= 0.6 is 0 Å². The number of nitrogens with one attached hydrogen (secondary N) is 1. The summed E-state index contributed by atoms with van der Waals surface area (Å²) in [5.74, 6) is -0.0235. The molecule has 1 aromatic heterocycles. The number of carbonyl (C=O) groups is 2. The van der Waals surface area contributed by atoms with E-state index in [4.69, 9.17) is 0 Å². The first-order valence-electron chi connectivity index (χ1n) is 8.89. The summed E-state index contributed by atoms with van der Waals surface area (Å²) < 4.78 is 1.19. The van der Waals surface area contributed by atoms with Gasteiger partial charge in [0.05, 0.1) is 17.8 Å². The molecule has 0 radical (unpaired) electrons. The molecule has 1 atom stereocenters. The predicted molar refractivity (Wildman–Crippen MR) is 99.3 cm³/mol. The number of hydrazone groups is 1. The molecule has 1 N–H and O–H groups in total. The summed E-state index contributed by atoms with van der Waals surface area (Å²) in [6, 6.07) is 11.3. The molecule has 2 aromatic rings. The minimum absolute atomic E-state index is 0.00219. The molecule has 0 bridgehead atoms. The molecule has 0 saturated heterocycles. The maximum absolute atomic E-state index is 12.6. The van der Waals surface area contributed by atoms with E-state index in [1.165, 1.54) is 15.8 Å². The number of benzene rings is 1. The van der Waals surface area contributed by atoms with Crippen LogP contribution in [0.5, 0.6) is 0 Å². The van der Waals surface area contributed by atoms with Crippen molar-refractivity contribution in [2.45, 2.75) is 38.1 Å². The highest BCUT2D eigenvalue weighted by atomic mass is 16.2. The second kappa shape index (κ2) is 6.79. The van der Waals surface area contributed by atoms with Crippen LogP contribution in [0.4, 0.5) is 5.69 Å². The molecule has 4 rings (SSSR count). The van der Waals surface area contributed by atoms with Crippen LogP contribution in [0.1, 0.15) is 43.8 Å². The lowest BCUT2D eigenvalue weighted by Crippen LogP contribution is -2.39. The fraction of sp³-hybridized carbons (Fsp3) is 0.316. The average Bonchev–Trinajstić information content (AvgIpc) is 3.45. The predicted octanol–water partition coefficient (Wildman–Crippen LogP) is 1.55. The molecule has 8 heteroatoms. The molecule has 0 spiro atoms. The first-order valence-corrected chi connectivity index (χ1v) is 8.89. The highest BCUT2D eigenvalue weighted by Gasteiger charge is 2.29. The van der Waals surface area contributed by atoms with Gasteiger partial charge in [0.25, 0.3) is 11.5 Å². The van der Waals surface area contributed by atoms with E-state index in [2.05, 4.69) is 15.5 Å². The fourth-order valence-electron chi connectivity index (χ4n) is 2.94. The molecule has 2 heterocycles. The number of amides is 2. The number of aromatic nitrogens is 2. The molecule has 1 aliphatic carbocycles. The van der Waals surface area contributed by atoms with E-state index in [0.717, 1.165) is 18.5 Å². The van der Waals surface area contributed by atoms with Crippen molar-refractivity contribution in [3.63, 3.8) is 0 Å². The third-order valence-corrected chi connectivity index (χ3v) is 4.63. The van der Waals surface area contributed by atoms with Gasteiger partial charge >= 0.3 is 0 Å². The highest BCUT2D eigenvalue weighted by Crippen LogP contribution is 2.38. The Labute approximate surface area is 155 Å². The lowest BCUT2D eigenvalue weighted by Gasteiger charge is -2.14. The van der Waals surface area contributed by atoms with Gasteiger partial charge in [0.15, 0.2) is 0 Å². The second-order valence-electron chi connectivity index (χ2n) is 6.75. The van der Waals surface area contributed by atoms with Gasteiger partial charge in [0.1, 0.15) is 11.9 Å². The van der Waals surface area contributed by atoms with Gasteiger partial charge in [-0.15, -0.1) is 0 Å². The molecule has 8 nitrogen and oxygen atoms in total. The number of rotatable bonds is 4. The van der Waals surface area contributed by atoms with Crippen molar-refractivity contribution in [3.8, 4) is 0 Å². The van der Waals surface area contributed by atoms with E-state index in [9.17, 15) is 14.4 Å². The van der Waals surface area contributed by atoms with Gasteiger partial charge < -0.3 is 5.32 Å². The van der Waals surface area contributed by atoms with Gasteiger partial charge in [-0.25, -0.2) is 4.68 Å². The van der Waals surface area contributed by atoms with Crippen LogP contribution in [-0.4, -0.2) is 27.4 Å². The minimum Gasteiger partial charge on any atom is -0.310 e. The topological polar surface area (TPSA) is 96.7 Å². The fourth-order valence-corrected chi connectivity index (χ4v) is 2.94. The first kappa shape index (κ1) is 17.1. The minimum atomic E-state index is -0.806. The van der Waals surface area contributed by atoms with Crippen LogP contribution in [0.15, 0.2) is 52.4 Å². The number of para-hydroxylation sites is 1. The SMILES string of the molecule is CC(C(=O)NC1=NN(c2ccccc2)C(=O)C1)n1nc(C2CC2)ccc1=O. The summed E-state index contributed by atoms with van der Waals surface area (Å²) in [6.07, 6.45) is 2.11. The molecule has 2 amide bonds. The summed E-state index contributed by atoms with van der Waals surface area (Å²) in [4.78, 5) is 36.9. The molecule has 1 fully saturated rings. The molecule has 2 aliphatic rings. The Kier molecular flexibility index (Phi) is 4.31. The highest BCUT2D eigenvalue weighted by molar-refractivity contribution is 6.16. The van der Waals surface area contributed by atoms with Gasteiger partial charge in [-0.05, 0) is 38.0 Å². The Morgan fingerprint density at radius 3 is 2.59 bits per heavy atom. The van der Waals surface area contributed by atoms with E-state index < -0.39 is 11.9 Å². The van der Waals surface area contributed by atoms with Crippen molar-refractivity contribution in [1.82, 2.24) is 15.1 Å². The van der Waals surface area contributed by atoms with E-state index in [1.807, 2.05) is 18.2 Å². The van der Waals surface area contributed by atoms with Crippen molar-refractivity contribution in [2.75, 3.05) is 5.01 Å². The number of carbonyl (C=O) groups excluding carboxylic acids is 2. The van der Waals surface area contributed by atoms with Crippen LogP contribution < -0.4 is 15.9 Å². The van der Waals surface area contributed by atoms with Gasteiger partial charge in [0, 0.05) is 12.0 Å². The van der Waals surface area contributed by atoms with Gasteiger partial charge in [-0.2, -0.15) is 15.2 Å². The van der Waals surface area contributed by atoms with Crippen molar-refractivity contribution < 1.29 is 9.59 Å². The van der Waals surface area contributed by atoms with Crippen molar-refractivity contribution in [3.05, 3.63) is 58.5 Å². The zero-order valence-corrected chi connectivity index (χ0v) is 14.8. The monoisotopic (exact) mass is 365 g/mol. The van der Waals surface area contributed by atoms with Crippen LogP contribution in [0.25, 0.3) is 0 Å². The number of hydrogen-bond acceptors (Lipinski definition) is 5. The Morgan fingerprint density at radius 2 is 1.89 bits per heavy atom. The van der Waals surface area contributed by atoms with Crippen LogP contribution in [0.2, 0.25) is 0 Å². The first-order chi connectivity index (χ1) is 13.0. The molecule has 1 aromatic carbocycles. The van der Waals surface area contributed by atoms with Crippen molar-refractivity contribution >= 4 is 23.3 Å². The third kappa shape index (κ3) is 3.51. The number of nitrogens with zero attached hydrogens (tertiary/aromatic N) is 4. The molecular weight excluding hydrogens is 346 g/mol. The van der Waals surface area contributed by atoms with Gasteiger partial charge in [-0.1, -0.05) is 18.2 Å². The zero-order valence-electron chi connectivity index (χ0n) is 14.8. The molecular formula is C19H19N5O3. The van der Waals surface area contributed by atoms with Crippen LogP contribution in [0.3, 0.4) is 0 Å². The van der Waals surface area contributed by atoms with E-state index >= 15 is 0 Å². The smallest absolute Gasteiger partial charge is 0.267 e. The van der Waals surface area contributed by atoms with Crippen LogP contribution in [-0.2, 0) is 9.59 Å². The van der Waals surface area contributed by atoms with Gasteiger partial charge in [0.2, 0.25) is 5.91 Å². The third-order valence-electron chi connectivity index (χ3n) is 4.63. The lowest BCUT2D eigenvalue weighted by atomic mass is 10.2. The standard InChI is InChI=1S/C19H19N5O3/c1-12(23-17(25)10-9-15(21-23)13-7-8-13)19(27)20-16-11-18(26)24(22-16)14-5-3-2-4-6-14/h2-6,9-10,12-13H,7-8,11H2,1H3,(H,20,22,27). The maximum Gasteiger partial charge on any atom is 0.267 e. The van der Waals surface area contributed by atoms with Gasteiger partial charge in [-0.3, -0.25) is 14.4 Å². The maximum atomic E-state index is 12.6. The summed E-state index contributed by atoms with van der Waals surface area (Å²) in [7, 11) is 0. The van der Waals surface area contributed by atoms with E-state index in [-0.39, 0.29) is 23.7 Å². The Hall–Kier alpha value is -3.29. The largest absolute Gasteiger partial charge is 0.310 e. The van der Waals surface area contributed by atoms with Crippen molar-refractivity contribution in [2.24, 2.45) is 5.10 Å². The summed E-state index contributed by atoms with van der Waals surface area (Å²) >= 11 is 0. The quantitative estimate of drug-likeness (QED) is 0.889. The number of anilines is 1. The number of amidine groups is 1. The Morgan fingerprint density at radius 1 is 1.15 bits per heavy atom. The Balaban J connectivity index is 1.50. The number of hydrogen-bond donors (Lipinski definition) is 1. The Bertz CT molecular complexity index is 978. The summed E-state index contributed by atoms with van der Waals surface area (Å²) in [5.41, 5.74) is 1.13.